The van der Waals surface area contributed by atoms with Crippen LogP contribution in [0, 0.1) is 0 Å². The minimum absolute atomic E-state index is 0.820. The molecule has 0 atom stereocenters. The normalized spacial score (nSPS) is 11.3. The van der Waals surface area contributed by atoms with Gasteiger partial charge in [0.15, 0.2) is 11.5 Å². The second kappa shape index (κ2) is 7.26. The van der Waals surface area contributed by atoms with E-state index >= 15 is 0 Å². The van der Waals surface area contributed by atoms with Crippen LogP contribution in [0.25, 0.3) is 22.9 Å². The minimum Gasteiger partial charge on any atom is -0.463 e. The van der Waals surface area contributed by atoms with E-state index in [4.69, 9.17) is 8.83 Å². The van der Waals surface area contributed by atoms with E-state index in [9.17, 15) is 0 Å². The third-order valence-electron chi connectivity index (χ3n) is 4.02. The first kappa shape index (κ1) is 16.7. The molecule has 5 rings (SSSR count). The van der Waals surface area contributed by atoms with E-state index < -0.39 is 0 Å². The van der Waals surface area contributed by atoms with Crippen molar-refractivity contribution in [1.29, 1.82) is 0 Å². The zero-order valence-electron chi connectivity index (χ0n) is 14.1. The summed E-state index contributed by atoms with van der Waals surface area (Å²) in [6.45, 7) is 0. The Balaban J connectivity index is 1.26. The summed E-state index contributed by atoms with van der Waals surface area (Å²) in [7, 11) is 0. The van der Waals surface area contributed by atoms with Gasteiger partial charge in [-0.1, -0.05) is 0 Å². The molecule has 0 aliphatic heterocycles. The van der Waals surface area contributed by atoms with E-state index in [1.165, 1.54) is 9.75 Å². The van der Waals surface area contributed by atoms with Crippen molar-refractivity contribution < 1.29 is 8.83 Å². The Labute approximate surface area is 167 Å². The molecule has 7 heteroatoms. The van der Waals surface area contributed by atoms with Crippen molar-refractivity contribution in [1.82, 2.24) is 9.97 Å². The molecule has 4 nitrogen and oxygen atoms in total. The van der Waals surface area contributed by atoms with E-state index in [0.717, 1.165) is 45.8 Å². The maximum atomic E-state index is 5.42. The Morgan fingerprint density at radius 3 is 1.67 bits per heavy atom. The first-order valence-electron chi connectivity index (χ1n) is 8.37. The van der Waals surface area contributed by atoms with Crippen molar-refractivity contribution in [2.24, 2.45) is 0 Å². The lowest BCUT2D eigenvalue weighted by molar-refractivity contribution is 0.580. The van der Waals surface area contributed by atoms with Crippen LogP contribution in [0.4, 0.5) is 0 Å². The highest BCUT2D eigenvalue weighted by Crippen LogP contribution is 2.28. The quantitative estimate of drug-likeness (QED) is 0.327. The molecule has 0 radical (unpaired) electrons. The standard InChI is InChI=1S/C20H14N2O2S3/c1-3-17(23-7-1)15-11-25-19(21-15)9-13-5-6-14(27-13)10-20-22-16(12-26-20)18-4-2-8-24-18/h1-8,11-12H,9-10H2. The number of nitrogens with zero attached hydrogens (tertiary/aromatic N) is 2. The van der Waals surface area contributed by atoms with E-state index in [0.29, 0.717) is 0 Å². The van der Waals surface area contributed by atoms with Crippen LogP contribution in [-0.4, -0.2) is 9.97 Å². The molecule has 0 saturated carbocycles. The SMILES string of the molecule is c1coc(-c2csc(Cc3ccc(Cc4nc(-c5ccco5)cs4)s3)n2)c1. The average molecular weight is 411 g/mol. The lowest BCUT2D eigenvalue weighted by Gasteiger charge is -1.94. The Morgan fingerprint density at radius 2 is 1.22 bits per heavy atom. The molecule has 0 unspecified atom stereocenters. The van der Waals surface area contributed by atoms with E-state index in [2.05, 4.69) is 32.9 Å². The number of thiophene rings is 1. The van der Waals surface area contributed by atoms with E-state index in [-0.39, 0.29) is 0 Å². The van der Waals surface area contributed by atoms with Crippen molar-refractivity contribution in [3.8, 4) is 22.9 Å². The van der Waals surface area contributed by atoms with Gasteiger partial charge in [-0.2, -0.15) is 0 Å². The van der Waals surface area contributed by atoms with Crippen molar-refractivity contribution in [3.05, 3.63) is 79.5 Å². The summed E-state index contributed by atoms with van der Waals surface area (Å²) >= 11 is 5.17. The second-order valence-electron chi connectivity index (χ2n) is 5.93. The van der Waals surface area contributed by atoms with Crippen LogP contribution >= 0.6 is 34.0 Å². The highest BCUT2D eigenvalue weighted by molar-refractivity contribution is 7.13. The van der Waals surface area contributed by atoms with E-state index in [1.54, 1.807) is 35.2 Å². The smallest absolute Gasteiger partial charge is 0.153 e. The topological polar surface area (TPSA) is 52.1 Å². The fourth-order valence-corrected chi connectivity index (χ4v) is 5.59. The number of thiazole rings is 2. The van der Waals surface area contributed by atoms with Crippen molar-refractivity contribution in [3.63, 3.8) is 0 Å². The molecule has 0 aromatic carbocycles. The molecule has 0 N–H and O–H groups in total. The van der Waals surface area contributed by atoms with Crippen molar-refractivity contribution in [2.45, 2.75) is 12.8 Å². The zero-order chi connectivity index (χ0) is 18.1. The lowest BCUT2D eigenvalue weighted by Crippen LogP contribution is -1.84. The summed E-state index contributed by atoms with van der Waals surface area (Å²) in [6.07, 6.45) is 5.06. The first-order valence-corrected chi connectivity index (χ1v) is 11.0. The van der Waals surface area contributed by atoms with Gasteiger partial charge >= 0.3 is 0 Å². The zero-order valence-corrected chi connectivity index (χ0v) is 16.6. The molecule has 5 aromatic rings. The summed E-state index contributed by atoms with van der Waals surface area (Å²) in [5, 5.41) is 6.30. The summed E-state index contributed by atoms with van der Waals surface area (Å²) in [6, 6.07) is 12.0. The fourth-order valence-electron chi connectivity index (χ4n) is 2.77. The lowest BCUT2D eigenvalue weighted by atomic mass is 10.3. The summed E-state index contributed by atoms with van der Waals surface area (Å²) in [5.41, 5.74) is 1.81. The molecule has 0 fully saturated rings. The third kappa shape index (κ3) is 3.66. The van der Waals surface area contributed by atoms with Crippen LogP contribution in [0.5, 0.6) is 0 Å². The van der Waals surface area contributed by atoms with Crippen molar-refractivity contribution >= 4 is 34.0 Å². The Morgan fingerprint density at radius 1 is 0.704 bits per heavy atom. The third-order valence-corrected chi connectivity index (χ3v) is 6.80. The average Bonchev–Trinajstić information content (AvgIpc) is 3.47. The van der Waals surface area contributed by atoms with Gasteiger partial charge in [0.25, 0.3) is 0 Å². The number of hydrogen-bond acceptors (Lipinski definition) is 7. The monoisotopic (exact) mass is 410 g/mol. The summed E-state index contributed by atoms with van der Waals surface area (Å²) < 4.78 is 10.8. The maximum absolute atomic E-state index is 5.42. The Hall–Kier alpha value is -2.48. The van der Waals surface area contributed by atoms with Gasteiger partial charge in [-0.05, 0) is 36.4 Å². The summed E-state index contributed by atoms with van der Waals surface area (Å²) in [5.74, 6) is 1.64. The van der Waals surface area contributed by atoms with Crippen LogP contribution in [0.1, 0.15) is 19.8 Å². The predicted molar refractivity (Wildman–Crippen MR) is 110 cm³/mol. The molecule has 5 aromatic heterocycles. The first-order chi connectivity index (χ1) is 13.3. The van der Waals surface area contributed by atoms with Gasteiger partial charge in [0.2, 0.25) is 0 Å². The van der Waals surface area contributed by atoms with Crippen LogP contribution in [0.15, 0.2) is 68.5 Å². The number of hydrogen-bond donors (Lipinski definition) is 0. The van der Waals surface area contributed by atoms with Gasteiger partial charge in [0, 0.05) is 33.4 Å². The molecule has 0 aliphatic rings. The number of rotatable bonds is 6. The molecule has 27 heavy (non-hydrogen) atoms. The number of furan rings is 2. The Bertz CT molecular complexity index is 1040. The molecule has 5 heterocycles. The molecule has 0 bridgehead atoms. The number of aromatic nitrogens is 2. The fraction of sp³-hybridized carbons (Fsp3) is 0.100. The summed E-state index contributed by atoms with van der Waals surface area (Å²) in [4.78, 5) is 12.0. The predicted octanol–water partition coefficient (Wildman–Crippen LogP) is 6.36. The van der Waals surface area contributed by atoms with Gasteiger partial charge in [-0.25, -0.2) is 9.97 Å². The molecule has 0 aliphatic carbocycles. The highest BCUT2D eigenvalue weighted by Gasteiger charge is 2.11. The Kier molecular flexibility index (Phi) is 4.49. The minimum atomic E-state index is 0.820. The highest BCUT2D eigenvalue weighted by atomic mass is 32.1. The van der Waals surface area contributed by atoms with Gasteiger partial charge in [-0.3, -0.25) is 0 Å². The molecule has 134 valence electrons. The molecule has 0 spiro atoms. The largest absolute Gasteiger partial charge is 0.463 e. The van der Waals surface area contributed by atoms with Gasteiger partial charge in [0.1, 0.15) is 11.4 Å². The van der Waals surface area contributed by atoms with Gasteiger partial charge in [-0.15, -0.1) is 34.0 Å². The van der Waals surface area contributed by atoms with Gasteiger partial charge < -0.3 is 8.83 Å². The molecular weight excluding hydrogens is 396 g/mol. The van der Waals surface area contributed by atoms with E-state index in [1.807, 2.05) is 35.6 Å². The van der Waals surface area contributed by atoms with Crippen LogP contribution < -0.4 is 0 Å². The van der Waals surface area contributed by atoms with Crippen LogP contribution in [-0.2, 0) is 12.8 Å². The molecule has 0 amide bonds. The second-order valence-corrected chi connectivity index (χ2v) is 9.07. The van der Waals surface area contributed by atoms with Gasteiger partial charge in [0.05, 0.1) is 22.5 Å². The van der Waals surface area contributed by atoms with Crippen molar-refractivity contribution in [2.75, 3.05) is 0 Å². The molecule has 0 saturated heterocycles. The molecular formula is C20H14N2O2S3. The van der Waals surface area contributed by atoms with Crippen LogP contribution in [0.2, 0.25) is 0 Å². The maximum Gasteiger partial charge on any atom is 0.153 e. The van der Waals surface area contributed by atoms with Crippen LogP contribution in [0.3, 0.4) is 0 Å².